The van der Waals surface area contributed by atoms with Crippen LogP contribution in [0, 0.1) is 6.92 Å². The summed E-state index contributed by atoms with van der Waals surface area (Å²) in [6, 6.07) is 13.0. The normalized spacial score (nSPS) is 10.6. The quantitative estimate of drug-likeness (QED) is 0.402. The van der Waals surface area contributed by atoms with Gasteiger partial charge >= 0.3 is 0 Å². The summed E-state index contributed by atoms with van der Waals surface area (Å²) < 4.78 is 5.11. The number of ether oxygens (including phenoxy) is 1. The predicted octanol–water partition coefficient (Wildman–Crippen LogP) is 5.65. The molecule has 5 nitrogen and oxygen atoms in total. The van der Waals surface area contributed by atoms with Crippen LogP contribution in [0.3, 0.4) is 0 Å². The van der Waals surface area contributed by atoms with Crippen molar-refractivity contribution in [2.45, 2.75) is 17.8 Å². The first-order chi connectivity index (χ1) is 13.5. The first kappa shape index (κ1) is 20.5. The second-order valence-corrected chi connectivity index (χ2v) is 7.62. The van der Waals surface area contributed by atoms with Gasteiger partial charge in [-0.25, -0.2) is 9.97 Å². The topological polar surface area (TPSA) is 64.1 Å². The van der Waals surface area contributed by atoms with Gasteiger partial charge in [0, 0.05) is 11.4 Å². The monoisotopic (exact) mass is 433 g/mol. The first-order valence-electron chi connectivity index (χ1n) is 8.32. The summed E-state index contributed by atoms with van der Waals surface area (Å²) in [6.45, 7) is 2.05. The third kappa shape index (κ3) is 4.95. The average molecular weight is 434 g/mol. The van der Waals surface area contributed by atoms with Gasteiger partial charge in [-0.1, -0.05) is 59.2 Å². The average Bonchev–Trinajstić information content (AvgIpc) is 2.68. The number of benzene rings is 2. The Bertz CT molecular complexity index is 1010. The minimum Gasteiger partial charge on any atom is -0.495 e. The molecule has 1 aromatic heterocycles. The lowest BCUT2D eigenvalue weighted by molar-refractivity contribution is 0.102. The molecule has 0 aliphatic carbocycles. The molecule has 8 heteroatoms. The molecule has 28 heavy (non-hydrogen) atoms. The van der Waals surface area contributed by atoms with Crippen LogP contribution in [0.1, 0.15) is 21.6 Å². The van der Waals surface area contributed by atoms with Crippen LogP contribution < -0.4 is 10.1 Å². The SMILES string of the molecule is COc1ccc(NC(=O)c2nc(SCc3ccccc3C)ncc2Cl)cc1Cl. The smallest absolute Gasteiger partial charge is 0.275 e. The Kier molecular flexibility index (Phi) is 6.78. The second kappa shape index (κ2) is 9.28. The van der Waals surface area contributed by atoms with Crippen LogP contribution in [-0.2, 0) is 5.75 Å². The fraction of sp³-hybridized carbons (Fsp3) is 0.150. The minimum atomic E-state index is -0.439. The number of thioether (sulfide) groups is 1. The van der Waals surface area contributed by atoms with Gasteiger partial charge in [0.15, 0.2) is 10.9 Å². The number of aryl methyl sites for hydroxylation is 1. The lowest BCUT2D eigenvalue weighted by Crippen LogP contribution is -2.15. The van der Waals surface area contributed by atoms with Crippen molar-refractivity contribution in [2.75, 3.05) is 12.4 Å². The van der Waals surface area contributed by atoms with Crippen LogP contribution in [0.2, 0.25) is 10.0 Å². The number of nitrogens with zero attached hydrogens (tertiary/aromatic N) is 2. The molecule has 2 aromatic carbocycles. The molecule has 1 amide bonds. The Morgan fingerprint density at radius 1 is 1.18 bits per heavy atom. The van der Waals surface area contributed by atoms with Crippen molar-refractivity contribution < 1.29 is 9.53 Å². The molecule has 0 saturated carbocycles. The predicted molar refractivity (Wildman–Crippen MR) is 114 cm³/mol. The van der Waals surface area contributed by atoms with E-state index in [1.165, 1.54) is 36.2 Å². The highest BCUT2D eigenvalue weighted by atomic mass is 35.5. The summed E-state index contributed by atoms with van der Waals surface area (Å²) in [5.41, 5.74) is 3.00. The fourth-order valence-electron chi connectivity index (χ4n) is 2.43. The van der Waals surface area contributed by atoms with Crippen molar-refractivity contribution in [3.05, 3.63) is 75.5 Å². The molecule has 1 heterocycles. The maximum absolute atomic E-state index is 12.6. The van der Waals surface area contributed by atoms with E-state index in [4.69, 9.17) is 27.9 Å². The standard InChI is InChI=1S/C20H17Cl2N3O2S/c1-12-5-3-4-6-13(12)11-28-20-23-10-16(22)18(25-20)19(26)24-14-7-8-17(27-2)15(21)9-14/h3-10H,11H2,1-2H3,(H,24,26). The van der Waals surface area contributed by atoms with Gasteiger partial charge in [-0.15, -0.1) is 0 Å². The zero-order valence-electron chi connectivity index (χ0n) is 15.2. The molecule has 0 spiro atoms. The Labute approximate surface area is 177 Å². The number of anilines is 1. The Balaban J connectivity index is 1.74. The molecule has 3 rings (SSSR count). The number of carbonyl (C=O) groups excluding carboxylic acids is 1. The molecule has 0 unspecified atom stereocenters. The highest BCUT2D eigenvalue weighted by Crippen LogP contribution is 2.28. The van der Waals surface area contributed by atoms with Crippen LogP contribution in [0.25, 0.3) is 0 Å². The van der Waals surface area contributed by atoms with E-state index in [0.717, 1.165) is 0 Å². The summed E-state index contributed by atoms with van der Waals surface area (Å²) in [4.78, 5) is 21.1. The molecule has 0 aliphatic heterocycles. The highest BCUT2D eigenvalue weighted by Gasteiger charge is 2.16. The van der Waals surface area contributed by atoms with Crippen LogP contribution >= 0.6 is 35.0 Å². The van der Waals surface area contributed by atoms with Gasteiger partial charge in [-0.3, -0.25) is 4.79 Å². The van der Waals surface area contributed by atoms with E-state index in [9.17, 15) is 4.79 Å². The number of hydrogen-bond acceptors (Lipinski definition) is 5. The molecule has 1 N–H and O–H groups in total. The number of nitrogens with one attached hydrogen (secondary N) is 1. The van der Waals surface area contributed by atoms with E-state index in [-0.39, 0.29) is 10.7 Å². The largest absolute Gasteiger partial charge is 0.495 e. The van der Waals surface area contributed by atoms with Crippen molar-refractivity contribution in [1.82, 2.24) is 9.97 Å². The van der Waals surface area contributed by atoms with Gasteiger partial charge < -0.3 is 10.1 Å². The van der Waals surface area contributed by atoms with Crippen LogP contribution in [-0.4, -0.2) is 23.0 Å². The van der Waals surface area contributed by atoms with Crippen molar-refractivity contribution in [1.29, 1.82) is 0 Å². The molecule has 0 fully saturated rings. The number of hydrogen-bond donors (Lipinski definition) is 1. The lowest BCUT2D eigenvalue weighted by Gasteiger charge is -2.09. The van der Waals surface area contributed by atoms with Gasteiger partial charge in [0.2, 0.25) is 0 Å². The number of carbonyl (C=O) groups is 1. The van der Waals surface area contributed by atoms with Gasteiger partial charge in [-0.05, 0) is 36.2 Å². The van der Waals surface area contributed by atoms with Crippen molar-refractivity contribution >= 4 is 46.6 Å². The van der Waals surface area contributed by atoms with Crippen molar-refractivity contribution in [3.63, 3.8) is 0 Å². The molecule has 3 aromatic rings. The van der Waals surface area contributed by atoms with E-state index in [1.54, 1.807) is 18.2 Å². The zero-order chi connectivity index (χ0) is 20.1. The van der Waals surface area contributed by atoms with E-state index in [1.807, 2.05) is 12.1 Å². The zero-order valence-corrected chi connectivity index (χ0v) is 17.5. The highest BCUT2D eigenvalue weighted by molar-refractivity contribution is 7.98. The maximum Gasteiger partial charge on any atom is 0.275 e. The molecule has 0 saturated heterocycles. The molecule has 0 atom stereocenters. The second-order valence-electron chi connectivity index (χ2n) is 5.87. The molecule has 144 valence electrons. The minimum absolute atomic E-state index is 0.107. The molecular weight excluding hydrogens is 417 g/mol. The summed E-state index contributed by atoms with van der Waals surface area (Å²) in [6.07, 6.45) is 1.44. The van der Waals surface area contributed by atoms with E-state index >= 15 is 0 Å². The van der Waals surface area contributed by atoms with E-state index in [0.29, 0.717) is 27.4 Å². The van der Waals surface area contributed by atoms with E-state index in [2.05, 4.69) is 34.3 Å². The van der Waals surface area contributed by atoms with Gasteiger partial charge in [0.1, 0.15) is 5.75 Å². The Hall–Kier alpha value is -2.28. The summed E-state index contributed by atoms with van der Waals surface area (Å²) in [5.74, 6) is 0.782. The molecule has 0 aliphatic rings. The van der Waals surface area contributed by atoms with Crippen LogP contribution in [0.15, 0.2) is 53.8 Å². The van der Waals surface area contributed by atoms with Gasteiger partial charge in [-0.2, -0.15) is 0 Å². The molecule has 0 radical (unpaired) electrons. The van der Waals surface area contributed by atoms with Crippen LogP contribution in [0.5, 0.6) is 5.75 Å². The van der Waals surface area contributed by atoms with Crippen LogP contribution in [0.4, 0.5) is 5.69 Å². The van der Waals surface area contributed by atoms with Crippen molar-refractivity contribution in [2.24, 2.45) is 0 Å². The van der Waals surface area contributed by atoms with Gasteiger partial charge in [0.25, 0.3) is 5.91 Å². The fourth-order valence-corrected chi connectivity index (χ4v) is 3.75. The number of rotatable bonds is 6. The third-order valence-electron chi connectivity index (χ3n) is 3.96. The maximum atomic E-state index is 12.6. The first-order valence-corrected chi connectivity index (χ1v) is 10.1. The van der Waals surface area contributed by atoms with Gasteiger partial charge in [0.05, 0.1) is 23.4 Å². The van der Waals surface area contributed by atoms with E-state index < -0.39 is 5.91 Å². The summed E-state index contributed by atoms with van der Waals surface area (Å²) in [5, 5.41) is 3.79. The van der Waals surface area contributed by atoms with Crippen molar-refractivity contribution in [3.8, 4) is 5.75 Å². The third-order valence-corrected chi connectivity index (χ3v) is 5.45. The summed E-state index contributed by atoms with van der Waals surface area (Å²) in [7, 11) is 1.52. The lowest BCUT2D eigenvalue weighted by atomic mass is 10.1. The molecule has 0 bridgehead atoms. The Morgan fingerprint density at radius 3 is 2.68 bits per heavy atom. The molecular formula is C20H17Cl2N3O2S. The number of halogens is 2. The summed E-state index contributed by atoms with van der Waals surface area (Å²) >= 11 is 13.7. The number of methoxy groups -OCH3 is 1. The number of amides is 1. The number of aromatic nitrogens is 2. The Morgan fingerprint density at radius 2 is 1.96 bits per heavy atom.